The third-order valence-electron chi connectivity index (χ3n) is 4.16. The van der Waals surface area contributed by atoms with Crippen molar-refractivity contribution in [2.45, 2.75) is 27.7 Å². The zero-order chi connectivity index (χ0) is 17.4. The highest BCUT2D eigenvalue weighted by Crippen LogP contribution is 2.14. The Labute approximate surface area is 140 Å². The maximum Gasteiger partial charge on any atom is 0.281 e. The van der Waals surface area contributed by atoms with Crippen molar-refractivity contribution in [3.8, 4) is 0 Å². The number of carbonyl (C=O) groups is 1. The summed E-state index contributed by atoms with van der Waals surface area (Å²) < 4.78 is 1.46. The number of fused-ring (bicyclic) bond motifs is 1. The first-order chi connectivity index (χ1) is 11.4. The Kier molecular flexibility index (Phi) is 3.93. The summed E-state index contributed by atoms with van der Waals surface area (Å²) in [7, 11) is 0. The number of hydrogen-bond acceptors (Lipinski definition) is 3. The van der Waals surface area contributed by atoms with E-state index >= 15 is 0 Å². The molecule has 0 unspecified atom stereocenters. The number of pyridine rings is 1. The first-order valence-electron chi connectivity index (χ1n) is 7.75. The van der Waals surface area contributed by atoms with Crippen LogP contribution >= 0.6 is 0 Å². The predicted octanol–water partition coefficient (Wildman–Crippen LogP) is 3.18. The Morgan fingerprint density at radius 3 is 2.50 bits per heavy atom. The van der Waals surface area contributed by atoms with Crippen molar-refractivity contribution < 1.29 is 4.79 Å². The number of rotatable bonds is 2. The number of nitrogens with zero attached hydrogens (tertiary/aromatic N) is 2. The first-order valence-corrected chi connectivity index (χ1v) is 7.75. The van der Waals surface area contributed by atoms with Gasteiger partial charge in [-0.15, -0.1) is 0 Å². The highest BCUT2D eigenvalue weighted by molar-refractivity contribution is 6.04. The average Bonchev–Trinajstić information content (AvgIpc) is 2.54. The molecule has 0 bridgehead atoms. The summed E-state index contributed by atoms with van der Waals surface area (Å²) in [6.45, 7) is 7.56. The molecule has 1 aromatic carbocycles. The number of amides is 1. The second kappa shape index (κ2) is 5.92. The van der Waals surface area contributed by atoms with Gasteiger partial charge in [0.2, 0.25) is 0 Å². The number of benzene rings is 1. The summed E-state index contributed by atoms with van der Waals surface area (Å²) in [6, 6.07) is 9.15. The van der Waals surface area contributed by atoms with Crippen LogP contribution in [0.5, 0.6) is 0 Å². The van der Waals surface area contributed by atoms with Crippen molar-refractivity contribution in [3.63, 3.8) is 0 Å². The number of nitrogens with one attached hydrogen (secondary N) is 1. The molecule has 0 aliphatic rings. The molecule has 3 aromatic rings. The SMILES string of the molecule is Cc1ccc2nc(C)c(NC(=O)c3ccc(C)c(C)c3)c(=O)n2c1. The lowest BCUT2D eigenvalue weighted by Gasteiger charge is -2.11. The van der Waals surface area contributed by atoms with Crippen LogP contribution in [0.25, 0.3) is 5.65 Å². The van der Waals surface area contributed by atoms with Crippen molar-refractivity contribution in [1.29, 1.82) is 0 Å². The fourth-order valence-corrected chi connectivity index (χ4v) is 2.57. The van der Waals surface area contributed by atoms with Gasteiger partial charge in [0.05, 0.1) is 5.69 Å². The van der Waals surface area contributed by atoms with Gasteiger partial charge in [0.15, 0.2) is 0 Å². The Balaban J connectivity index is 2.04. The minimum atomic E-state index is -0.312. The maximum absolute atomic E-state index is 12.7. The molecule has 0 aliphatic heterocycles. The fourth-order valence-electron chi connectivity index (χ4n) is 2.57. The third kappa shape index (κ3) is 2.80. The molecule has 3 rings (SSSR count). The van der Waals surface area contributed by atoms with Gasteiger partial charge in [0, 0.05) is 11.8 Å². The zero-order valence-electron chi connectivity index (χ0n) is 14.2. The molecule has 0 fully saturated rings. The molecule has 2 heterocycles. The highest BCUT2D eigenvalue weighted by atomic mass is 16.2. The van der Waals surface area contributed by atoms with Crippen LogP contribution in [-0.4, -0.2) is 15.3 Å². The second-order valence-corrected chi connectivity index (χ2v) is 6.07. The van der Waals surface area contributed by atoms with Crippen molar-refractivity contribution in [1.82, 2.24) is 9.38 Å². The molecule has 1 amide bonds. The molecule has 0 atom stereocenters. The van der Waals surface area contributed by atoms with Gasteiger partial charge in [-0.25, -0.2) is 4.98 Å². The van der Waals surface area contributed by atoms with Crippen LogP contribution < -0.4 is 10.9 Å². The first kappa shape index (κ1) is 15.9. The summed E-state index contributed by atoms with van der Waals surface area (Å²) in [5, 5.41) is 2.72. The minimum absolute atomic E-state index is 0.210. The van der Waals surface area contributed by atoms with E-state index in [2.05, 4.69) is 10.3 Å². The Hall–Kier alpha value is -2.95. The highest BCUT2D eigenvalue weighted by Gasteiger charge is 2.14. The molecule has 5 heteroatoms. The van der Waals surface area contributed by atoms with Gasteiger partial charge in [0.1, 0.15) is 11.3 Å². The number of anilines is 1. The van der Waals surface area contributed by atoms with Gasteiger partial charge in [-0.05, 0) is 62.6 Å². The van der Waals surface area contributed by atoms with E-state index in [0.29, 0.717) is 16.9 Å². The molecule has 0 aliphatic carbocycles. The number of carbonyl (C=O) groups excluding carboxylic acids is 1. The van der Waals surface area contributed by atoms with E-state index in [4.69, 9.17) is 0 Å². The maximum atomic E-state index is 12.7. The quantitative estimate of drug-likeness (QED) is 0.788. The Morgan fingerprint density at radius 2 is 1.79 bits per heavy atom. The van der Waals surface area contributed by atoms with Crippen LogP contribution in [0.3, 0.4) is 0 Å². The Morgan fingerprint density at radius 1 is 1.04 bits per heavy atom. The minimum Gasteiger partial charge on any atom is -0.316 e. The molecule has 24 heavy (non-hydrogen) atoms. The van der Waals surface area contributed by atoms with Gasteiger partial charge in [-0.1, -0.05) is 12.1 Å². The molecular formula is C19H19N3O2. The van der Waals surface area contributed by atoms with Crippen molar-refractivity contribution >= 4 is 17.2 Å². The molecule has 0 saturated heterocycles. The Bertz CT molecular complexity index is 1020. The monoisotopic (exact) mass is 321 g/mol. The molecule has 122 valence electrons. The normalized spacial score (nSPS) is 10.8. The summed E-state index contributed by atoms with van der Waals surface area (Å²) in [6.07, 6.45) is 1.72. The third-order valence-corrected chi connectivity index (χ3v) is 4.16. The van der Waals surface area contributed by atoms with Gasteiger partial charge in [-0.2, -0.15) is 0 Å². The van der Waals surface area contributed by atoms with E-state index < -0.39 is 0 Å². The van der Waals surface area contributed by atoms with E-state index in [1.807, 2.05) is 39.0 Å². The van der Waals surface area contributed by atoms with Crippen LogP contribution in [0.1, 0.15) is 32.7 Å². The summed E-state index contributed by atoms with van der Waals surface area (Å²) in [5.41, 5.74) is 4.61. The molecular weight excluding hydrogens is 302 g/mol. The second-order valence-electron chi connectivity index (χ2n) is 6.07. The van der Waals surface area contributed by atoms with Crippen LogP contribution in [0, 0.1) is 27.7 Å². The summed E-state index contributed by atoms with van der Waals surface area (Å²) in [4.78, 5) is 29.6. The smallest absolute Gasteiger partial charge is 0.281 e. The van der Waals surface area contributed by atoms with E-state index in [-0.39, 0.29) is 17.2 Å². The van der Waals surface area contributed by atoms with Gasteiger partial charge < -0.3 is 5.32 Å². The van der Waals surface area contributed by atoms with Gasteiger partial charge in [0.25, 0.3) is 11.5 Å². The topological polar surface area (TPSA) is 63.5 Å². The largest absolute Gasteiger partial charge is 0.316 e. The number of hydrogen-bond donors (Lipinski definition) is 1. The standard InChI is InChI=1S/C19H19N3O2/c1-11-5-8-16-20-14(4)17(19(24)22(16)10-11)21-18(23)15-7-6-12(2)13(3)9-15/h5-10H,1-4H3,(H,21,23). The van der Waals surface area contributed by atoms with Crippen LogP contribution in [0.15, 0.2) is 41.3 Å². The lowest BCUT2D eigenvalue weighted by molar-refractivity contribution is 0.102. The van der Waals surface area contributed by atoms with Gasteiger partial charge >= 0.3 is 0 Å². The van der Waals surface area contributed by atoms with E-state index in [1.54, 1.807) is 25.3 Å². The van der Waals surface area contributed by atoms with E-state index in [0.717, 1.165) is 16.7 Å². The average molecular weight is 321 g/mol. The summed E-state index contributed by atoms with van der Waals surface area (Å²) >= 11 is 0. The fraction of sp³-hybridized carbons (Fsp3) is 0.211. The lowest BCUT2D eigenvalue weighted by atomic mass is 10.1. The van der Waals surface area contributed by atoms with Crippen molar-refractivity contribution in [3.05, 3.63) is 74.8 Å². The van der Waals surface area contributed by atoms with E-state index in [9.17, 15) is 9.59 Å². The molecule has 0 saturated carbocycles. The number of aryl methyl sites for hydroxylation is 4. The lowest BCUT2D eigenvalue weighted by Crippen LogP contribution is -2.25. The number of aromatic nitrogens is 2. The molecule has 0 spiro atoms. The van der Waals surface area contributed by atoms with Crippen LogP contribution in [0.2, 0.25) is 0 Å². The van der Waals surface area contributed by atoms with Crippen molar-refractivity contribution in [2.24, 2.45) is 0 Å². The zero-order valence-corrected chi connectivity index (χ0v) is 14.2. The molecule has 5 nitrogen and oxygen atoms in total. The van der Waals surface area contributed by atoms with Crippen LogP contribution in [0.4, 0.5) is 5.69 Å². The van der Waals surface area contributed by atoms with Gasteiger partial charge in [-0.3, -0.25) is 14.0 Å². The van der Waals surface area contributed by atoms with E-state index in [1.165, 1.54) is 4.40 Å². The van der Waals surface area contributed by atoms with Crippen molar-refractivity contribution in [2.75, 3.05) is 5.32 Å². The van der Waals surface area contributed by atoms with Crippen LogP contribution in [-0.2, 0) is 0 Å². The molecule has 1 N–H and O–H groups in total. The molecule has 0 radical (unpaired) electrons. The predicted molar refractivity (Wildman–Crippen MR) is 94.8 cm³/mol. The molecule has 2 aromatic heterocycles. The summed E-state index contributed by atoms with van der Waals surface area (Å²) in [5.74, 6) is -0.312.